The molecule has 2 unspecified atom stereocenters. The van der Waals surface area contributed by atoms with E-state index < -0.39 is 0 Å². The highest BCUT2D eigenvalue weighted by molar-refractivity contribution is 6.07. The van der Waals surface area contributed by atoms with Crippen molar-refractivity contribution in [3.8, 4) is 0 Å². The Balaban J connectivity index is 0.00000243. The lowest BCUT2D eigenvalue weighted by atomic mass is 10.0. The van der Waals surface area contributed by atoms with E-state index >= 15 is 0 Å². The van der Waals surface area contributed by atoms with Gasteiger partial charge in [0.05, 0.1) is 0 Å². The molecule has 1 aliphatic carbocycles. The Morgan fingerprint density at radius 1 is 1.00 bits per heavy atom. The predicted molar refractivity (Wildman–Crippen MR) is 107 cm³/mol. The molecule has 5 nitrogen and oxygen atoms in total. The topological polar surface area (TPSA) is 84.2 Å². The molecule has 0 heterocycles. The third-order valence-corrected chi connectivity index (χ3v) is 4.71. The number of carbonyl (C=O) groups excluding carboxylic acids is 2. The minimum atomic E-state index is -0.192. The van der Waals surface area contributed by atoms with Crippen LogP contribution in [0, 0.1) is 12.8 Å². The van der Waals surface area contributed by atoms with Gasteiger partial charge in [0.25, 0.3) is 5.91 Å². The molecule has 3 rings (SSSR count). The summed E-state index contributed by atoms with van der Waals surface area (Å²) in [6, 6.07) is 14.8. The fourth-order valence-corrected chi connectivity index (χ4v) is 3.23. The number of para-hydroxylation sites is 1. The average molecular weight is 374 g/mol. The van der Waals surface area contributed by atoms with E-state index in [1.165, 1.54) is 0 Å². The first-order valence-corrected chi connectivity index (χ1v) is 8.57. The van der Waals surface area contributed by atoms with Gasteiger partial charge in [0.15, 0.2) is 0 Å². The molecule has 4 N–H and O–H groups in total. The summed E-state index contributed by atoms with van der Waals surface area (Å²) in [5, 5.41) is 5.83. The third kappa shape index (κ3) is 4.62. The van der Waals surface area contributed by atoms with E-state index in [4.69, 9.17) is 5.73 Å². The Morgan fingerprint density at radius 2 is 1.73 bits per heavy atom. The van der Waals surface area contributed by atoms with Crippen LogP contribution < -0.4 is 16.4 Å². The molecule has 2 aromatic carbocycles. The van der Waals surface area contributed by atoms with E-state index in [2.05, 4.69) is 10.6 Å². The van der Waals surface area contributed by atoms with E-state index in [9.17, 15) is 9.59 Å². The number of amides is 2. The third-order valence-electron chi connectivity index (χ3n) is 4.71. The van der Waals surface area contributed by atoms with Crippen molar-refractivity contribution >= 4 is 35.6 Å². The van der Waals surface area contributed by atoms with E-state index in [1.807, 2.05) is 43.3 Å². The highest BCUT2D eigenvalue weighted by Crippen LogP contribution is 2.27. The first-order valence-electron chi connectivity index (χ1n) is 8.57. The number of anilines is 2. The number of benzene rings is 2. The first-order chi connectivity index (χ1) is 12.0. The second-order valence-electron chi connectivity index (χ2n) is 6.56. The summed E-state index contributed by atoms with van der Waals surface area (Å²) in [4.78, 5) is 24.9. The Kier molecular flexibility index (Phi) is 6.77. The molecule has 0 radical (unpaired) electrons. The van der Waals surface area contributed by atoms with Crippen LogP contribution in [0.4, 0.5) is 11.4 Å². The van der Waals surface area contributed by atoms with Gasteiger partial charge in [-0.15, -0.1) is 12.4 Å². The van der Waals surface area contributed by atoms with Crippen molar-refractivity contribution in [1.82, 2.24) is 0 Å². The van der Waals surface area contributed by atoms with Crippen LogP contribution in [-0.2, 0) is 4.79 Å². The van der Waals surface area contributed by atoms with Crippen LogP contribution in [0.25, 0.3) is 0 Å². The molecule has 0 bridgehead atoms. The summed E-state index contributed by atoms with van der Waals surface area (Å²) >= 11 is 0. The normalized spacial score (nSPS) is 18.7. The minimum absolute atomic E-state index is 0. The second kappa shape index (κ2) is 8.83. The molecule has 6 heteroatoms. The zero-order valence-electron chi connectivity index (χ0n) is 14.7. The monoisotopic (exact) mass is 373 g/mol. The molecule has 1 fully saturated rings. The lowest BCUT2D eigenvalue weighted by Gasteiger charge is -2.15. The van der Waals surface area contributed by atoms with Gasteiger partial charge < -0.3 is 16.4 Å². The van der Waals surface area contributed by atoms with E-state index in [0.717, 1.165) is 30.5 Å². The van der Waals surface area contributed by atoms with E-state index in [-0.39, 0.29) is 36.2 Å². The Bertz CT molecular complexity index is 780. The molecular weight excluding hydrogens is 350 g/mol. The number of carbonyl (C=O) groups is 2. The van der Waals surface area contributed by atoms with Crippen molar-refractivity contribution in [1.29, 1.82) is 0 Å². The molecule has 2 aromatic rings. The predicted octanol–water partition coefficient (Wildman–Crippen LogP) is 3.74. The quantitative estimate of drug-likeness (QED) is 0.763. The molecule has 0 saturated heterocycles. The van der Waals surface area contributed by atoms with Crippen LogP contribution in [0.2, 0.25) is 0 Å². The zero-order valence-corrected chi connectivity index (χ0v) is 15.5. The van der Waals surface area contributed by atoms with Crippen molar-refractivity contribution in [3.63, 3.8) is 0 Å². The lowest BCUT2D eigenvalue weighted by molar-refractivity contribution is -0.119. The van der Waals surface area contributed by atoms with Crippen LogP contribution in [0.5, 0.6) is 0 Å². The fourth-order valence-electron chi connectivity index (χ4n) is 3.23. The van der Waals surface area contributed by atoms with Gasteiger partial charge in [-0.05, 0) is 56.0 Å². The summed E-state index contributed by atoms with van der Waals surface area (Å²) in [7, 11) is 0. The van der Waals surface area contributed by atoms with Crippen molar-refractivity contribution in [2.45, 2.75) is 32.2 Å². The van der Waals surface area contributed by atoms with Crippen LogP contribution in [0.3, 0.4) is 0 Å². The summed E-state index contributed by atoms with van der Waals surface area (Å²) in [6.07, 6.45) is 2.43. The Morgan fingerprint density at radius 3 is 2.38 bits per heavy atom. The Labute approximate surface area is 159 Å². The molecule has 0 spiro atoms. The lowest BCUT2D eigenvalue weighted by Crippen LogP contribution is -2.24. The molecule has 2 atom stereocenters. The molecule has 1 saturated carbocycles. The van der Waals surface area contributed by atoms with Gasteiger partial charge >= 0.3 is 0 Å². The van der Waals surface area contributed by atoms with Crippen molar-refractivity contribution in [2.75, 3.05) is 10.6 Å². The summed E-state index contributed by atoms with van der Waals surface area (Å²) in [5.41, 5.74) is 8.60. The standard InChI is InChI=1S/C20H23N3O2.ClH/c1-13-17(20(25)22-16-6-3-2-4-7-16)8-5-9-18(13)23-19(24)14-10-11-15(21)12-14;/h2-9,14-15H,10-12,21H2,1H3,(H,22,25)(H,23,24);1H. The van der Waals surface area contributed by atoms with E-state index in [1.54, 1.807) is 12.1 Å². The van der Waals surface area contributed by atoms with Gasteiger partial charge in [-0.2, -0.15) is 0 Å². The molecule has 0 aromatic heterocycles. The summed E-state index contributed by atoms with van der Waals surface area (Å²) in [5.74, 6) is -0.254. The van der Waals surface area contributed by atoms with Crippen LogP contribution in [-0.4, -0.2) is 17.9 Å². The number of hydrogen-bond acceptors (Lipinski definition) is 3. The fraction of sp³-hybridized carbons (Fsp3) is 0.300. The van der Waals surface area contributed by atoms with Crippen molar-refractivity contribution in [2.24, 2.45) is 11.7 Å². The van der Waals surface area contributed by atoms with Gasteiger partial charge in [-0.3, -0.25) is 9.59 Å². The van der Waals surface area contributed by atoms with Crippen LogP contribution >= 0.6 is 12.4 Å². The number of rotatable bonds is 4. The summed E-state index contributed by atoms with van der Waals surface area (Å²) in [6.45, 7) is 1.84. The summed E-state index contributed by atoms with van der Waals surface area (Å²) < 4.78 is 0. The largest absolute Gasteiger partial charge is 0.328 e. The van der Waals surface area contributed by atoms with Gasteiger partial charge in [-0.1, -0.05) is 24.3 Å². The van der Waals surface area contributed by atoms with Crippen LogP contribution in [0.1, 0.15) is 35.2 Å². The second-order valence-corrected chi connectivity index (χ2v) is 6.56. The zero-order chi connectivity index (χ0) is 17.8. The molecule has 26 heavy (non-hydrogen) atoms. The maximum atomic E-state index is 12.5. The van der Waals surface area contributed by atoms with Gasteiger partial charge in [0.2, 0.25) is 5.91 Å². The van der Waals surface area contributed by atoms with Crippen LogP contribution in [0.15, 0.2) is 48.5 Å². The molecular formula is C20H24ClN3O2. The maximum Gasteiger partial charge on any atom is 0.256 e. The van der Waals surface area contributed by atoms with Crippen molar-refractivity contribution in [3.05, 3.63) is 59.7 Å². The number of halogens is 1. The van der Waals surface area contributed by atoms with Gasteiger partial charge in [-0.25, -0.2) is 0 Å². The highest BCUT2D eigenvalue weighted by atomic mass is 35.5. The smallest absolute Gasteiger partial charge is 0.256 e. The maximum absolute atomic E-state index is 12.5. The van der Waals surface area contributed by atoms with Gasteiger partial charge in [0, 0.05) is 28.9 Å². The average Bonchev–Trinajstić information content (AvgIpc) is 3.04. The first kappa shape index (κ1) is 19.9. The molecule has 0 aliphatic heterocycles. The highest BCUT2D eigenvalue weighted by Gasteiger charge is 2.28. The van der Waals surface area contributed by atoms with Crippen molar-refractivity contribution < 1.29 is 9.59 Å². The minimum Gasteiger partial charge on any atom is -0.328 e. The molecule has 2 amide bonds. The Hall–Kier alpha value is -2.37. The molecule has 1 aliphatic rings. The number of nitrogens with two attached hydrogens (primary N) is 1. The molecule has 138 valence electrons. The van der Waals surface area contributed by atoms with E-state index in [0.29, 0.717) is 11.3 Å². The van der Waals surface area contributed by atoms with Gasteiger partial charge in [0.1, 0.15) is 0 Å². The SMILES string of the molecule is Cc1c(NC(=O)C2CCC(N)C2)cccc1C(=O)Nc1ccccc1.Cl. The number of nitrogens with one attached hydrogen (secondary N) is 2. The number of hydrogen-bond donors (Lipinski definition) is 3.